The molecule has 0 bridgehead atoms. The summed E-state index contributed by atoms with van der Waals surface area (Å²) in [4.78, 5) is 10.6. The molecule has 0 atom stereocenters. The molecule has 0 saturated carbocycles. The SMILES string of the molecule is NC(=O)/C=C/c1ccc(-c2ccc(Br)cc2Cl)o1. The van der Waals surface area contributed by atoms with Gasteiger partial charge in [-0.15, -0.1) is 0 Å². The first-order chi connectivity index (χ1) is 8.56. The van der Waals surface area contributed by atoms with Gasteiger partial charge in [-0.05, 0) is 36.4 Å². The number of halogens is 2. The van der Waals surface area contributed by atoms with Crippen LogP contribution >= 0.6 is 27.5 Å². The molecule has 0 aliphatic rings. The van der Waals surface area contributed by atoms with Crippen LogP contribution in [0, 0.1) is 0 Å². The Hall–Kier alpha value is -1.52. The number of rotatable bonds is 3. The van der Waals surface area contributed by atoms with Crippen LogP contribution in [0.2, 0.25) is 5.02 Å². The first-order valence-corrected chi connectivity index (χ1v) is 6.26. The van der Waals surface area contributed by atoms with E-state index in [0.29, 0.717) is 16.5 Å². The fourth-order valence-electron chi connectivity index (χ4n) is 1.44. The number of hydrogen-bond donors (Lipinski definition) is 1. The second-order valence-electron chi connectivity index (χ2n) is 3.56. The molecule has 1 amide bonds. The Kier molecular flexibility index (Phi) is 3.89. The van der Waals surface area contributed by atoms with Crippen LogP contribution in [0.15, 0.2) is 45.3 Å². The average Bonchev–Trinajstić information content (AvgIpc) is 2.75. The van der Waals surface area contributed by atoms with Gasteiger partial charge in [0, 0.05) is 16.1 Å². The number of amides is 1. The Morgan fingerprint density at radius 1 is 1.33 bits per heavy atom. The van der Waals surface area contributed by atoms with Gasteiger partial charge in [0.05, 0.1) is 5.02 Å². The second-order valence-corrected chi connectivity index (χ2v) is 4.88. The molecule has 1 aromatic carbocycles. The molecule has 0 unspecified atom stereocenters. The molecule has 18 heavy (non-hydrogen) atoms. The molecule has 5 heteroatoms. The van der Waals surface area contributed by atoms with E-state index >= 15 is 0 Å². The highest BCUT2D eigenvalue weighted by Crippen LogP contribution is 2.31. The monoisotopic (exact) mass is 325 g/mol. The highest BCUT2D eigenvalue weighted by atomic mass is 79.9. The van der Waals surface area contributed by atoms with E-state index in [9.17, 15) is 4.79 Å². The summed E-state index contributed by atoms with van der Waals surface area (Å²) in [5.74, 6) is 0.661. The maximum atomic E-state index is 10.6. The Labute approximate surface area is 117 Å². The van der Waals surface area contributed by atoms with E-state index in [1.807, 2.05) is 12.1 Å². The van der Waals surface area contributed by atoms with Crippen LogP contribution in [0.25, 0.3) is 17.4 Å². The van der Waals surface area contributed by atoms with Gasteiger partial charge in [0.25, 0.3) is 0 Å². The van der Waals surface area contributed by atoms with Gasteiger partial charge in [0.2, 0.25) is 5.91 Å². The maximum absolute atomic E-state index is 10.6. The first kappa shape index (κ1) is 12.9. The van der Waals surface area contributed by atoms with E-state index < -0.39 is 5.91 Å². The van der Waals surface area contributed by atoms with Gasteiger partial charge in [-0.3, -0.25) is 4.79 Å². The quantitative estimate of drug-likeness (QED) is 0.871. The summed E-state index contributed by atoms with van der Waals surface area (Å²) < 4.78 is 6.45. The zero-order valence-electron chi connectivity index (χ0n) is 9.19. The molecular formula is C13H9BrClNO2. The minimum absolute atomic E-state index is 0.519. The summed E-state index contributed by atoms with van der Waals surface area (Å²) in [6.07, 6.45) is 2.75. The third kappa shape index (κ3) is 3.03. The van der Waals surface area contributed by atoms with Gasteiger partial charge in [0.15, 0.2) is 0 Å². The Balaban J connectivity index is 2.32. The molecule has 2 rings (SSSR count). The summed E-state index contributed by atoms with van der Waals surface area (Å²) in [5.41, 5.74) is 5.80. The first-order valence-electron chi connectivity index (χ1n) is 5.09. The molecule has 2 aromatic rings. The highest BCUT2D eigenvalue weighted by Gasteiger charge is 2.08. The fraction of sp³-hybridized carbons (Fsp3) is 0. The van der Waals surface area contributed by atoms with Crippen LogP contribution in [-0.4, -0.2) is 5.91 Å². The molecule has 1 aromatic heterocycles. The van der Waals surface area contributed by atoms with E-state index in [-0.39, 0.29) is 0 Å². The molecule has 92 valence electrons. The third-order valence-corrected chi connectivity index (χ3v) is 3.04. The van der Waals surface area contributed by atoms with Crippen LogP contribution in [0.4, 0.5) is 0 Å². The Bertz CT molecular complexity index is 619. The highest BCUT2D eigenvalue weighted by molar-refractivity contribution is 9.10. The molecular weight excluding hydrogens is 318 g/mol. The summed E-state index contributed by atoms with van der Waals surface area (Å²) in [6, 6.07) is 9.05. The van der Waals surface area contributed by atoms with Crippen molar-refractivity contribution in [3.8, 4) is 11.3 Å². The minimum Gasteiger partial charge on any atom is -0.457 e. The van der Waals surface area contributed by atoms with E-state index in [1.165, 1.54) is 12.2 Å². The predicted molar refractivity (Wildman–Crippen MR) is 75.1 cm³/mol. The third-order valence-electron chi connectivity index (χ3n) is 2.24. The summed E-state index contributed by atoms with van der Waals surface area (Å²) in [7, 11) is 0. The normalized spacial score (nSPS) is 11.0. The average molecular weight is 327 g/mol. The number of primary amides is 1. The van der Waals surface area contributed by atoms with Crippen molar-refractivity contribution < 1.29 is 9.21 Å². The molecule has 3 nitrogen and oxygen atoms in total. The van der Waals surface area contributed by atoms with Gasteiger partial charge in [-0.2, -0.15) is 0 Å². The zero-order valence-corrected chi connectivity index (χ0v) is 11.5. The molecule has 0 aliphatic carbocycles. The zero-order chi connectivity index (χ0) is 13.1. The molecule has 0 radical (unpaired) electrons. The fourth-order valence-corrected chi connectivity index (χ4v) is 2.21. The van der Waals surface area contributed by atoms with Crippen molar-refractivity contribution >= 4 is 39.5 Å². The second kappa shape index (κ2) is 5.42. The van der Waals surface area contributed by atoms with Crippen LogP contribution in [-0.2, 0) is 4.79 Å². The minimum atomic E-state index is -0.519. The smallest absolute Gasteiger partial charge is 0.241 e. The van der Waals surface area contributed by atoms with Crippen molar-refractivity contribution in [3.05, 3.63) is 51.7 Å². The molecule has 0 fully saturated rings. The molecule has 0 saturated heterocycles. The lowest BCUT2D eigenvalue weighted by Gasteiger charge is -2.00. The van der Waals surface area contributed by atoms with Crippen LogP contribution in [0.1, 0.15) is 5.76 Å². The Morgan fingerprint density at radius 3 is 2.78 bits per heavy atom. The number of benzene rings is 1. The number of nitrogens with two attached hydrogens (primary N) is 1. The van der Waals surface area contributed by atoms with E-state index in [4.69, 9.17) is 21.8 Å². The summed E-state index contributed by atoms with van der Waals surface area (Å²) in [5, 5.41) is 0.587. The van der Waals surface area contributed by atoms with E-state index in [1.54, 1.807) is 18.2 Å². The van der Waals surface area contributed by atoms with Gasteiger partial charge in [0.1, 0.15) is 11.5 Å². The van der Waals surface area contributed by atoms with Crippen molar-refractivity contribution in [2.24, 2.45) is 5.73 Å². The van der Waals surface area contributed by atoms with Crippen molar-refractivity contribution in [1.82, 2.24) is 0 Å². The van der Waals surface area contributed by atoms with E-state index in [2.05, 4.69) is 15.9 Å². The molecule has 0 aliphatic heterocycles. The van der Waals surface area contributed by atoms with Crippen LogP contribution in [0.3, 0.4) is 0 Å². The lowest BCUT2D eigenvalue weighted by molar-refractivity contribution is -0.113. The van der Waals surface area contributed by atoms with Gasteiger partial charge >= 0.3 is 0 Å². The predicted octanol–water partition coefficient (Wildman–Crippen LogP) is 3.86. The van der Waals surface area contributed by atoms with Crippen LogP contribution in [0.5, 0.6) is 0 Å². The lowest BCUT2D eigenvalue weighted by atomic mass is 10.2. The molecule has 0 spiro atoms. The van der Waals surface area contributed by atoms with Crippen molar-refractivity contribution in [2.45, 2.75) is 0 Å². The maximum Gasteiger partial charge on any atom is 0.241 e. The number of carbonyl (C=O) groups is 1. The Morgan fingerprint density at radius 2 is 2.11 bits per heavy atom. The van der Waals surface area contributed by atoms with Gasteiger partial charge in [-0.25, -0.2) is 0 Å². The van der Waals surface area contributed by atoms with Crippen molar-refractivity contribution in [2.75, 3.05) is 0 Å². The number of hydrogen-bond acceptors (Lipinski definition) is 2. The standard InChI is InChI=1S/C13H9BrClNO2/c14-8-1-4-10(11(15)7-8)12-5-2-9(18-12)3-6-13(16)17/h1-7H,(H2,16,17)/b6-3+. The van der Waals surface area contributed by atoms with Gasteiger partial charge < -0.3 is 10.2 Å². The van der Waals surface area contributed by atoms with Crippen molar-refractivity contribution in [1.29, 1.82) is 0 Å². The number of carbonyl (C=O) groups excluding carboxylic acids is 1. The number of furan rings is 1. The molecule has 2 N–H and O–H groups in total. The largest absolute Gasteiger partial charge is 0.457 e. The van der Waals surface area contributed by atoms with Crippen LogP contribution < -0.4 is 5.73 Å². The summed E-state index contributed by atoms with van der Waals surface area (Å²) >= 11 is 9.46. The van der Waals surface area contributed by atoms with E-state index in [0.717, 1.165) is 10.0 Å². The summed E-state index contributed by atoms with van der Waals surface area (Å²) in [6.45, 7) is 0. The van der Waals surface area contributed by atoms with Gasteiger partial charge in [-0.1, -0.05) is 27.5 Å². The molecule has 1 heterocycles. The topological polar surface area (TPSA) is 56.2 Å². The lowest BCUT2D eigenvalue weighted by Crippen LogP contribution is -2.04. The van der Waals surface area contributed by atoms with Crippen molar-refractivity contribution in [3.63, 3.8) is 0 Å².